The topological polar surface area (TPSA) is 59.7 Å². The molecule has 14 heavy (non-hydrogen) atoms. The predicted molar refractivity (Wildman–Crippen MR) is 54.3 cm³/mol. The molecule has 1 aromatic rings. The third-order valence-corrected chi connectivity index (χ3v) is 2.37. The number of rotatable bonds is 2. The Bertz CT molecular complexity index is 368. The molecule has 0 aliphatic rings. The molecular formula is C9H11BrFN2O+. The lowest BCUT2D eigenvalue weighted by atomic mass is 10.1. The lowest BCUT2D eigenvalue weighted by Gasteiger charge is -2.04. The second-order valence-corrected chi connectivity index (χ2v) is 3.78. The predicted octanol–water partition coefficient (Wildman–Crippen LogP) is 0.788. The molecule has 0 saturated carbocycles. The van der Waals surface area contributed by atoms with E-state index < -0.39 is 5.82 Å². The minimum absolute atomic E-state index is 0.124. The highest BCUT2D eigenvalue weighted by Crippen LogP contribution is 2.21. The Labute approximate surface area is 89.6 Å². The number of carbonyl (C=O) groups excluding carboxylic acids is 1. The first-order valence-electron chi connectivity index (χ1n) is 4.08. The largest absolute Gasteiger partial charge is 0.326 e. The number of amides is 1. The Balaban J connectivity index is 3.13. The van der Waals surface area contributed by atoms with Crippen LogP contribution in [0.4, 0.5) is 10.1 Å². The smallest absolute Gasteiger partial charge is 0.312 e. The van der Waals surface area contributed by atoms with Crippen LogP contribution in [0, 0.1) is 5.82 Å². The molecular weight excluding hydrogens is 251 g/mol. The molecule has 0 aliphatic carbocycles. The van der Waals surface area contributed by atoms with Gasteiger partial charge in [-0.2, -0.15) is 0 Å². The van der Waals surface area contributed by atoms with Gasteiger partial charge in [0.2, 0.25) is 0 Å². The van der Waals surface area contributed by atoms with Crippen LogP contribution in [0.1, 0.15) is 12.5 Å². The molecule has 0 fully saturated rings. The van der Waals surface area contributed by atoms with E-state index in [9.17, 15) is 9.18 Å². The molecule has 4 N–H and O–H groups in total. The Kier molecular flexibility index (Phi) is 3.74. The summed E-state index contributed by atoms with van der Waals surface area (Å²) in [5.41, 5.74) is 6.76. The molecule has 0 saturated heterocycles. The minimum Gasteiger partial charge on any atom is -0.326 e. The first-order valence-corrected chi connectivity index (χ1v) is 4.87. The van der Waals surface area contributed by atoms with Gasteiger partial charge in [-0.15, -0.1) is 0 Å². The van der Waals surface area contributed by atoms with Gasteiger partial charge in [-0.25, -0.2) is 9.18 Å². The molecule has 0 radical (unpaired) electrons. The number of hydrogen-bond donors (Lipinski definition) is 2. The molecule has 5 heteroatoms. The number of hydrogen-bond acceptors (Lipinski definition) is 2. The van der Waals surface area contributed by atoms with E-state index in [0.717, 1.165) is 5.56 Å². The van der Waals surface area contributed by atoms with Gasteiger partial charge in [0, 0.05) is 18.2 Å². The summed E-state index contributed by atoms with van der Waals surface area (Å²) in [6, 6.07) is 2.89. The quantitative estimate of drug-likeness (QED) is 0.774. The average Bonchev–Trinajstić information content (AvgIpc) is 2.10. The van der Waals surface area contributed by atoms with Crippen LogP contribution in [-0.4, -0.2) is 5.91 Å². The number of primary amides is 1. The molecule has 76 valence electrons. The van der Waals surface area contributed by atoms with Crippen molar-refractivity contribution in [3.8, 4) is 0 Å². The fraction of sp³-hybridized carbons (Fsp3) is 0.222. The standard InChI is InChI=1S/C9H10BrFN2O/c1-5(14)13-9-3-8(11)7(10)2-6(9)4-12/h2-3H,4,12H2,1H3,(H,13,14)/p+1. The van der Waals surface area contributed by atoms with Gasteiger partial charge < -0.3 is 5.73 Å². The van der Waals surface area contributed by atoms with Crippen molar-refractivity contribution in [2.75, 3.05) is 0 Å². The Hall–Kier alpha value is -0.780. The van der Waals surface area contributed by atoms with Crippen LogP contribution in [-0.2, 0) is 11.3 Å². The second-order valence-electron chi connectivity index (χ2n) is 2.92. The van der Waals surface area contributed by atoms with Gasteiger partial charge in [-0.05, 0) is 22.0 Å². The van der Waals surface area contributed by atoms with Gasteiger partial charge in [-0.1, -0.05) is 0 Å². The van der Waals surface area contributed by atoms with Crippen molar-refractivity contribution in [3.63, 3.8) is 0 Å². The zero-order valence-corrected chi connectivity index (χ0v) is 9.27. The SMILES string of the molecule is CC(=O)[NH2+]c1cc(F)c(Br)cc1CN. The fourth-order valence-corrected chi connectivity index (χ4v) is 1.52. The van der Waals surface area contributed by atoms with Gasteiger partial charge in [-0.3, -0.25) is 5.32 Å². The van der Waals surface area contributed by atoms with Crippen molar-refractivity contribution in [2.24, 2.45) is 5.73 Å². The summed E-state index contributed by atoms with van der Waals surface area (Å²) >= 11 is 3.06. The second kappa shape index (κ2) is 4.63. The van der Waals surface area contributed by atoms with E-state index in [1.807, 2.05) is 0 Å². The zero-order chi connectivity index (χ0) is 10.7. The molecule has 0 aliphatic heterocycles. The number of benzene rings is 1. The van der Waals surface area contributed by atoms with Crippen molar-refractivity contribution in [2.45, 2.75) is 13.5 Å². The summed E-state index contributed by atoms with van der Waals surface area (Å²) in [5, 5.41) is 1.37. The summed E-state index contributed by atoms with van der Waals surface area (Å²) in [4.78, 5) is 10.8. The maximum Gasteiger partial charge on any atom is 0.312 e. The Morgan fingerprint density at radius 1 is 1.64 bits per heavy atom. The maximum absolute atomic E-state index is 13.1. The molecule has 0 bridgehead atoms. The molecule has 0 unspecified atom stereocenters. The highest BCUT2D eigenvalue weighted by Gasteiger charge is 2.12. The summed E-state index contributed by atoms with van der Waals surface area (Å²) in [7, 11) is 0. The lowest BCUT2D eigenvalue weighted by molar-refractivity contribution is -0.482. The van der Waals surface area contributed by atoms with E-state index in [1.165, 1.54) is 18.3 Å². The number of quaternary nitrogens is 1. The molecule has 3 nitrogen and oxygen atoms in total. The lowest BCUT2D eigenvalue weighted by Crippen LogP contribution is -2.81. The molecule has 0 aromatic heterocycles. The van der Waals surface area contributed by atoms with E-state index in [-0.39, 0.29) is 12.5 Å². The fourth-order valence-electron chi connectivity index (χ4n) is 1.13. The average molecular weight is 262 g/mol. The van der Waals surface area contributed by atoms with Gasteiger partial charge in [0.05, 0.1) is 11.4 Å². The first kappa shape index (κ1) is 11.3. The van der Waals surface area contributed by atoms with Crippen molar-refractivity contribution in [1.29, 1.82) is 0 Å². The summed E-state index contributed by atoms with van der Waals surface area (Å²) < 4.78 is 13.5. The third kappa shape index (κ3) is 2.60. The molecule has 0 atom stereocenters. The van der Waals surface area contributed by atoms with Crippen molar-refractivity contribution in [3.05, 3.63) is 28.0 Å². The molecule has 0 spiro atoms. The van der Waals surface area contributed by atoms with Crippen LogP contribution in [0.2, 0.25) is 0 Å². The Morgan fingerprint density at radius 2 is 2.29 bits per heavy atom. The number of halogens is 2. The molecule has 1 rings (SSSR count). The van der Waals surface area contributed by atoms with Crippen LogP contribution in [0.3, 0.4) is 0 Å². The minimum atomic E-state index is -0.394. The number of carbonyl (C=O) groups is 1. The van der Waals surface area contributed by atoms with Crippen LogP contribution in [0.5, 0.6) is 0 Å². The van der Waals surface area contributed by atoms with Gasteiger partial charge in [0.1, 0.15) is 11.5 Å². The van der Waals surface area contributed by atoms with E-state index in [2.05, 4.69) is 15.9 Å². The van der Waals surface area contributed by atoms with Crippen molar-refractivity contribution in [1.82, 2.24) is 0 Å². The number of nitrogens with two attached hydrogens (primary N) is 2. The molecule has 0 heterocycles. The van der Waals surface area contributed by atoms with E-state index in [1.54, 1.807) is 6.07 Å². The normalized spacial score (nSPS) is 10.3. The van der Waals surface area contributed by atoms with Crippen LogP contribution >= 0.6 is 15.9 Å². The van der Waals surface area contributed by atoms with Crippen LogP contribution in [0.15, 0.2) is 16.6 Å². The summed E-state index contributed by atoms with van der Waals surface area (Å²) in [5.74, 6) is -0.517. The third-order valence-electron chi connectivity index (χ3n) is 1.76. The van der Waals surface area contributed by atoms with E-state index in [0.29, 0.717) is 10.2 Å². The van der Waals surface area contributed by atoms with Gasteiger partial charge in [0.25, 0.3) is 0 Å². The Morgan fingerprint density at radius 3 is 2.79 bits per heavy atom. The highest BCUT2D eigenvalue weighted by molar-refractivity contribution is 9.10. The summed E-state index contributed by atoms with van der Waals surface area (Å²) in [6.45, 7) is 1.69. The zero-order valence-electron chi connectivity index (χ0n) is 7.68. The van der Waals surface area contributed by atoms with Gasteiger partial charge >= 0.3 is 5.91 Å². The monoisotopic (exact) mass is 261 g/mol. The van der Waals surface area contributed by atoms with Crippen molar-refractivity contribution >= 4 is 27.5 Å². The summed E-state index contributed by atoms with van der Waals surface area (Å²) in [6.07, 6.45) is 0. The first-order chi connectivity index (χ1) is 6.54. The van der Waals surface area contributed by atoms with Crippen LogP contribution < -0.4 is 11.1 Å². The molecule has 1 aromatic carbocycles. The van der Waals surface area contributed by atoms with Gasteiger partial charge in [0.15, 0.2) is 0 Å². The highest BCUT2D eigenvalue weighted by atomic mass is 79.9. The molecule has 1 amide bonds. The van der Waals surface area contributed by atoms with E-state index >= 15 is 0 Å². The van der Waals surface area contributed by atoms with Crippen LogP contribution in [0.25, 0.3) is 0 Å². The van der Waals surface area contributed by atoms with E-state index in [4.69, 9.17) is 5.73 Å². The van der Waals surface area contributed by atoms with Crippen molar-refractivity contribution < 1.29 is 14.5 Å². The maximum atomic E-state index is 13.1.